The zero-order chi connectivity index (χ0) is 13.8. The van der Waals surface area contributed by atoms with E-state index >= 15 is 0 Å². The van der Waals surface area contributed by atoms with Gasteiger partial charge in [-0.1, -0.05) is 31.6 Å². The van der Waals surface area contributed by atoms with Crippen molar-refractivity contribution in [2.24, 2.45) is 11.8 Å². The second-order valence-corrected chi connectivity index (χ2v) is 6.10. The van der Waals surface area contributed by atoms with Gasteiger partial charge in [-0.2, -0.15) is 0 Å². The fourth-order valence-corrected chi connectivity index (χ4v) is 3.51. The van der Waals surface area contributed by atoms with E-state index in [4.69, 9.17) is 0 Å². The number of amides is 1. The quantitative estimate of drug-likeness (QED) is 0.871. The highest BCUT2D eigenvalue weighted by Crippen LogP contribution is 2.34. The van der Waals surface area contributed by atoms with Gasteiger partial charge < -0.3 is 10.6 Å². The second kappa shape index (κ2) is 6.32. The standard InChI is InChI=1S/C13H22N4OS/c1-4-9-6-7-10(8(9)3)15-11(18)12-16-17-13(19-12)14-5-2/h8-10H,4-7H2,1-3H3,(H,14,17)(H,15,18). The van der Waals surface area contributed by atoms with Crippen LogP contribution < -0.4 is 10.6 Å². The molecule has 0 spiro atoms. The Morgan fingerprint density at radius 1 is 1.37 bits per heavy atom. The Balaban J connectivity index is 1.93. The molecule has 1 aromatic heterocycles. The third-order valence-corrected chi connectivity index (χ3v) is 4.89. The van der Waals surface area contributed by atoms with E-state index in [1.54, 1.807) is 0 Å². The zero-order valence-electron chi connectivity index (χ0n) is 11.8. The Morgan fingerprint density at radius 3 is 2.79 bits per heavy atom. The van der Waals surface area contributed by atoms with E-state index in [9.17, 15) is 4.79 Å². The third kappa shape index (κ3) is 3.23. The van der Waals surface area contributed by atoms with E-state index in [-0.39, 0.29) is 11.9 Å². The molecule has 1 heterocycles. The van der Waals surface area contributed by atoms with Crippen LogP contribution in [0.3, 0.4) is 0 Å². The number of nitrogens with zero attached hydrogens (tertiary/aromatic N) is 2. The number of hydrogen-bond acceptors (Lipinski definition) is 5. The number of anilines is 1. The highest BCUT2D eigenvalue weighted by Gasteiger charge is 2.33. The first-order valence-electron chi connectivity index (χ1n) is 7.03. The van der Waals surface area contributed by atoms with Crippen LogP contribution >= 0.6 is 11.3 Å². The number of aromatic nitrogens is 2. The smallest absolute Gasteiger partial charge is 0.282 e. The Bertz CT molecular complexity index is 434. The van der Waals surface area contributed by atoms with Crippen LogP contribution in [0.2, 0.25) is 0 Å². The van der Waals surface area contributed by atoms with Crippen LogP contribution in [0.1, 0.15) is 49.8 Å². The molecule has 0 aliphatic heterocycles. The van der Waals surface area contributed by atoms with Gasteiger partial charge in [0, 0.05) is 12.6 Å². The van der Waals surface area contributed by atoms with Gasteiger partial charge >= 0.3 is 0 Å². The van der Waals surface area contributed by atoms with Gasteiger partial charge in [-0.15, -0.1) is 10.2 Å². The minimum absolute atomic E-state index is 0.0877. The van der Waals surface area contributed by atoms with E-state index in [1.807, 2.05) is 6.92 Å². The van der Waals surface area contributed by atoms with E-state index in [0.717, 1.165) is 18.9 Å². The summed E-state index contributed by atoms with van der Waals surface area (Å²) < 4.78 is 0. The molecule has 19 heavy (non-hydrogen) atoms. The number of hydrogen-bond donors (Lipinski definition) is 2. The summed E-state index contributed by atoms with van der Waals surface area (Å²) in [7, 11) is 0. The zero-order valence-corrected chi connectivity index (χ0v) is 12.6. The van der Waals surface area contributed by atoms with Crippen molar-refractivity contribution in [3.8, 4) is 0 Å². The van der Waals surface area contributed by atoms with Crippen molar-refractivity contribution in [1.82, 2.24) is 15.5 Å². The lowest BCUT2D eigenvalue weighted by Crippen LogP contribution is -2.37. The predicted octanol–water partition coefficient (Wildman–Crippen LogP) is 2.52. The van der Waals surface area contributed by atoms with E-state index < -0.39 is 0 Å². The van der Waals surface area contributed by atoms with E-state index in [1.165, 1.54) is 24.2 Å². The van der Waals surface area contributed by atoms with Crippen LogP contribution in [0.5, 0.6) is 0 Å². The number of rotatable bonds is 5. The van der Waals surface area contributed by atoms with Gasteiger partial charge in [-0.05, 0) is 31.6 Å². The molecule has 1 aliphatic rings. The van der Waals surface area contributed by atoms with E-state index in [2.05, 4.69) is 34.7 Å². The Labute approximate surface area is 118 Å². The van der Waals surface area contributed by atoms with Gasteiger partial charge in [0.2, 0.25) is 10.1 Å². The number of carbonyl (C=O) groups is 1. The fraction of sp³-hybridized carbons (Fsp3) is 0.769. The topological polar surface area (TPSA) is 66.9 Å². The average molecular weight is 282 g/mol. The van der Waals surface area contributed by atoms with Gasteiger partial charge in [0.25, 0.3) is 5.91 Å². The van der Waals surface area contributed by atoms with Gasteiger partial charge in [0.05, 0.1) is 0 Å². The van der Waals surface area contributed by atoms with E-state index in [0.29, 0.717) is 16.1 Å². The monoisotopic (exact) mass is 282 g/mol. The first-order chi connectivity index (χ1) is 9.15. The fourth-order valence-electron chi connectivity index (χ4n) is 2.80. The third-order valence-electron chi connectivity index (χ3n) is 4.01. The molecular weight excluding hydrogens is 260 g/mol. The summed E-state index contributed by atoms with van der Waals surface area (Å²) in [6.45, 7) is 7.23. The molecule has 1 fully saturated rings. The maximum Gasteiger partial charge on any atom is 0.282 e. The molecule has 3 atom stereocenters. The van der Waals surface area contributed by atoms with Crippen LogP contribution in [0.25, 0.3) is 0 Å². The largest absolute Gasteiger partial charge is 0.360 e. The SMILES string of the molecule is CCNc1nnc(C(=O)NC2CCC(CC)C2C)s1. The molecule has 0 bridgehead atoms. The van der Waals surface area contributed by atoms with Crippen molar-refractivity contribution in [1.29, 1.82) is 0 Å². The normalized spacial score (nSPS) is 26.4. The molecule has 106 valence electrons. The molecule has 2 N–H and O–H groups in total. The summed E-state index contributed by atoms with van der Waals surface area (Å²) in [5.74, 6) is 1.20. The first kappa shape index (κ1) is 14.2. The van der Waals surface area contributed by atoms with Gasteiger partial charge in [-0.25, -0.2) is 0 Å². The summed E-state index contributed by atoms with van der Waals surface area (Å²) >= 11 is 1.31. The van der Waals surface area contributed by atoms with Crippen molar-refractivity contribution in [3.05, 3.63) is 5.01 Å². The highest BCUT2D eigenvalue weighted by molar-refractivity contribution is 7.17. The molecule has 1 aliphatic carbocycles. The molecule has 0 saturated heterocycles. The molecular formula is C13H22N4OS. The summed E-state index contributed by atoms with van der Waals surface area (Å²) in [5.41, 5.74) is 0. The average Bonchev–Trinajstić information content (AvgIpc) is 2.98. The van der Waals surface area contributed by atoms with Crippen LogP contribution in [0.4, 0.5) is 5.13 Å². The predicted molar refractivity (Wildman–Crippen MR) is 77.5 cm³/mol. The summed E-state index contributed by atoms with van der Waals surface area (Å²) in [5, 5.41) is 15.2. The highest BCUT2D eigenvalue weighted by atomic mass is 32.1. The molecule has 1 saturated carbocycles. The van der Waals surface area contributed by atoms with Gasteiger partial charge in [0.1, 0.15) is 0 Å². The number of nitrogens with one attached hydrogen (secondary N) is 2. The Morgan fingerprint density at radius 2 is 2.16 bits per heavy atom. The minimum Gasteiger partial charge on any atom is -0.360 e. The summed E-state index contributed by atoms with van der Waals surface area (Å²) in [6.07, 6.45) is 3.47. The second-order valence-electron chi connectivity index (χ2n) is 5.13. The summed E-state index contributed by atoms with van der Waals surface area (Å²) in [6, 6.07) is 0.281. The Kier molecular flexibility index (Phi) is 4.74. The maximum absolute atomic E-state index is 12.1. The van der Waals surface area contributed by atoms with Crippen molar-refractivity contribution in [2.45, 2.75) is 46.1 Å². The molecule has 1 amide bonds. The molecule has 0 radical (unpaired) electrons. The van der Waals surface area contributed by atoms with Crippen molar-refractivity contribution < 1.29 is 4.79 Å². The molecule has 3 unspecified atom stereocenters. The summed E-state index contributed by atoms with van der Waals surface area (Å²) in [4.78, 5) is 12.1. The lowest BCUT2D eigenvalue weighted by atomic mass is 9.93. The maximum atomic E-state index is 12.1. The molecule has 1 aromatic rings. The molecule has 2 rings (SSSR count). The Hall–Kier alpha value is -1.17. The van der Waals surface area contributed by atoms with Crippen LogP contribution in [0.15, 0.2) is 0 Å². The van der Waals surface area contributed by atoms with Crippen molar-refractivity contribution in [3.63, 3.8) is 0 Å². The lowest BCUT2D eigenvalue weighted by molar-refractivity contribution is 0.0925. The van der Waals surface area contributed by atoms with Crippen molar-refractivity contribution >= 4 is 22.4 Å². The van der Waals surface area contributed by atoms with Crippen LogP contribution in [-0.2, 0) is 0 Å². The minimum atomic E-state index is -0.0877. The van der Waals surface area contributed by atoms with Gasteiger partial charge in [0.15, 0.2) is 0 Å². The number of carbonyl (C=O) groups excluding carboxylic acids is 1. The van der Waals surface area contributed by atoms with Crippen molar-refractivity contribution in [2.75, 3.05) is 11.9 Å². The van der Waals surface area contributed by atoms with Crippen LogP contribution in [-0.4, -0.2) is 28.7 Å². The van der Waals surface area contributed by atoms with Crippen LogP contribution in [0, 0.1) is 11.8 Å². The lowest BCUT2D eigenvalue weighted by Gasteiger charge is -2.20. The molecule has 6 heteroatoms. The first-order valence-corrected chi connectivity index (χ1v) is 7.85. The molecule has 5 nitrogen and oxygen atoms in total. The molecule has 0 aromatic carbocycles. The van der Waals surface area contributed by atoms with Gasteiger partial charge in [-0.3, -0.25) is 4.79 Å².